The molecular weight excluding hydrogens is 291 g/mol. The maximum atomic E-state index is 13.0. The van der Waals surface area contributed by atoms with E-state index in [0.717, 1.165) is 0 Å². The van der Waals surface area contributed by atoms with Gasteiger partial charge in [-0.1, -0.05) is 12.1 Å². The van der Waals surface area contributed by atoms with E-state index in [1.165, 1.54) is 18.2 Å². The Morgan fingerprint density at radius 1 is 1.18 bits per heavy atom. The van der Waals surface area contributed by atoms with Gasteiger partial charge in [0.25, 0.3) is 0 Å². The largest absolute Gasteiger partial charge is 0.481 e. The van der Waals surface area contributed by atoms with E-state index in [2.05, 4.69) is 10.6 Å². The van der Waals surface area contributed by atoms with Crippen molar-refractivity contribution >= 4 is 17.8 Å². The van der Waals surface area contributed by atoms with E-state index >= 15 is 0 Å². The van der Waals surface area contributed by atoms with Crippen molar-refractivity contribution in [2.75, 3.05) is 13.1 Å². The maximum absolute atomic E-state index is 13.0. The molecule has 1 aromatic carbocycles. The van der Waals surface area contributed by atoms with Crippen LogP contribution in [0.4, 0.5) is 4.39 Å². The van der Waals surface area contributed by atoms with Crippen LogP contribution in [0.25, 0.3) is 0 Å². The fraction of sp³-hybridized carbons (Fsp3) is 0.400. The van der Waals surface area contributed by atoms with Crippen LogP contribution in [0.15, 0.2) is 24.3 Å². The van der Waals surface area contributed by atoms with E-state index in [1.807, 2.05) is 0 Å². The minimum Gasteiger partial charge on any atom is -0.481 e. The lowest BCUT2D eigenvalue weighted by atomic mass is 10.1. The highest BCUT2D eigenvalue weighted by molar-refractivity contribution is 5.86. The molecule has 1 aromatic rings. The van der Waals surface area contributed by atoms with Gasteiger partial charge in [-0.3, -0.25) is 14.4 Å². The summed E-state index contributed by atoms with van der Waals surface area (Å²) in [5, 5.41) is 13.9. The molecule has 0 aromatic heterocycles. The Labute approximate surface area is 126 Å². The second kappa shape index (κ2) is 6.55. The lowest BCUT2D eigenvalue weighted by molar-refractivity contribution is -0.143. The highest BCUT2D eigenvalue weighted by atomic mass is 19.1. The van der Waals surface area contributed by atoms with Crippen molar-refractivity contribution in [3.05, 3.63) is 35.6 Å². The van der Waals surface area contributed by atoms with Crippen LogP contribution in [0.5, 0.6) is 0 Å². The van der Waals surface area contributed by atoms with Crippen LogP contribution in [0.3, 0.4) is 0 Å². The van der Waals surface area contributed by atoms with Gasteiger partial charge in [0.1, 0.15) is 5.82 Å². The molecule has 2 rings (SSSR count). The summed E-state index contributed by atoms with van der Waals surface area (Å²) in [7, 11) is 0. The summed E-state index contributed by atoms with van der Waals surface area (Å²) < 4.78 is 13.0. The number of benzene rings is 1. The highest BCUT2D eigenvalue weighted by Crippen LogP contribution is 2.45. The first kappa shape index (κ1) is 15.9. The first-order valence-electron chi connectivity index (χ1n) is 6.92. The molecule has 6 nitrogen and oxygen atoms in total. The molecule has 118 valence electrons. The SMILES string of the molecule is O=C(CNC(=O)Cc1cccc(F)c1)NCC1(C(=O)O)CC1. The van der Waals surface area contributed by atoms with Crippen LogP contribution in [0.1, 0.15) is 18.4 Å². The van der Waals surface area contributed by atoms with Gasteiger partial charge in [0, 0.05) is 6.54 Å². The van der Waals surface area contributed by atoms with Gasteiger partial charge < -0.3 is 15.7 Å². The van der Waals surface area contributed by atoms with Crippen molar-refractivity contribution in [3.8, 4) is 0 Å². The van der Waals surface area contributed by atoms with Gasteiger partial charge in [-0.05, 0) is 30.5 Å². The van der Waals surface area contributed by atoms with E-state index in [1.54, 1.807) is 6.07 Å². The van der Waals surface area contributed by atoms with Crippen molar-refractivity contribution in [1.82, 2.24) is 10.6 Å². The second-order valence-electron chi connectivity index (χ2n) is 5.45. The number of carboxylic acids is 1. The third kappa shape index (κ3) is 4.28. The van der Waals surface area contributed by atoms with Crippen molar-refractivity contribution in [1.29, 1.82) is 0 Å². The summed E-state index contributed by atoms with van der Waals surface area (Å²) in [4.78, 5) is 34.2. The number of amides is 2. The fourth-order valence-corrected chi connectivity index (χ4v) is 2.02. The van der Waals surface area contributed by atoms with E-state index in [-0.39, 0.29) is 19.5 Å². The van der Waals surface area contributed by atoms with E-state index < -0.39 is 29.0 Å². The Morgan fingerprint density at radius 2 is 1.91 bits per heavy atom. The van der Waals surface area contributed by atoms with Crippen LogP contribution >= 0.6 is 0 Å². The van der Waals surface area contributed by atoms with Crippen molar-refractivity contribution in [3.63, 3.8) is 0 Å². The number of rotatable bonds is 7. The van der Waals surface area contributed by atoms with Gasteiger partial charge in [0.05, 0.1) is 18.4 Å². The first-order valence-corrected chi connectivity index (χ1v) is 6.92. The smallest absolute Gasteiger partial charge is 0.311 e. The summed E-state index contributed by atoms with van der Waals surface area (Å²) >= 11 is 0. The third-order valence-electron chi connectivity index (χ3n) is 3.63. The molecule has 0 radical (unpaired) electrons. The van der Waals surface area contributed by atoms with Crippen LogP contribution < -0.4 is 10.6 Å². The first-order chi connectivity index (χ1) is 10.4. The van der Waals surface area contributed by atoms with Crippen molar-refractivity contribution in [2.45, 2.75) is 19.3 Å². The topological polar surface area (TPSA) is 95.5 Å². The molecule has 0 spiro atoms. The number of halogens is 1. The number of carboxylic acid groups (broad SMARTS) is 1. The van der Waals surface area contributed by atoms with Gasteiger partial charge >= 0.3 is 5.97 Å². The Morgan fingerprint density at radius 3 is 2.50 bits per heavy atom. The third-order valence-corrected chi connectivity index (χ3v) is 3.63. The molecule has 3 N–H and O–H groups in total. The molecule has 0 saturated heterocycles. The lowest BCUT2D eigenvalue weighted by Crippen LogP contribution is -2.41. The Balaban J connectivity index is 1.70. The molecular formula is C15H17FN2O4. The number of carbonyl (C=O) groups excluding carboxylic acids is 2. The second-order valence-corrected chi connectivity index (χ2v) is 5.45. The predicted molar refractivity (Wildman–Crippen MR) is 75.4 cm³/mol. The number of nitrogens with one attached hydrogen (secondary N) is 2. The minimum atomic E-state index is -0.914. The molecule has 0 unspecified atom stereocenters. The Hall–Kier alpha value is -2.44. The van der Waals surface area contributed by atoms with Crippen LogP contribution in [-0.2, 0) is 20.8 Å². The summed E-state index contributed by atoms with van der Waals surface area (Å²) in [6.07, 6.45) is 1.08. The summed E-state index contributed by atoms with van der Waals surface area (Å²) in [6.45, 7) is -0.162. The zero-order valence-electron chi connectivity index (χ0n) is 11.9. The molecule has 1 aliphatic rings. The molecule has 1 saturated carbocycles. The van der Waals surface area contributed by atoms with Gasteiger partial charge in [-0.25, -0.2) is 4.39 Å². The average molecular weight is 308 g/mol. The predicted octanol–water partition coefficient (Wildman–Crippen LogP) is 0.465. The van der Waals surface area contributed by atoms with Crippen LogP contribution in [0, 0.1) is 11.2 Å². The van der Waals surface area contributed by atoms with Gasteiger partial charge in [-0.2, -0.15) is 0 Å². The molecule has 0 aliphatic heterocycles. The summed E-state index contributed by atoms with van der Waals surface area (Å²) in [6, 6.07) is 5.66. The maximum Gasteiger partial charge on any atom is 0.311 e. The number of aliphatic carboxylic acids is 1. The monoisotopic (exact) mass is 308 g/mol. The number of carbonyl (C=O) groups is 3. The molecule has 1 fully saturated rings. The van der Waals surface area contributed by atoms with Crippen LogP contribution in [-0.4, -0.2) is 36.0 Å². The normalized spacial score (nSPS) is 15.0. The Kier molecular flexibility index (Phi) is 4.75. The molecule has 0 atom stereocenters. The summed E-state index contributed by atoms with van der Waals surface area (Å²) in [5.74, 6) is -2.19. The van der Waals surface area contributed by atoms with Gasteiger partial charge in [0.15, 0.2) is 0 Å². The van der Waals surface area contributed by atoms with Crippen LogP contribution in [0.2, 0.25) is 0 Å². The molecule has 1 aliphatic carbocycles. The standard InChI is InChI=1S/C15H17FN2O4/c16-11-3-1-2-10(6-11)7-12(19)17-8-13(20)18-9-15(4-5-15)14(21)22/h1-3,6H,4-5,7-9H2,(H,17,19)(H,18,20)(H,21,22). The molecule has 0 bridgehead atoms. The van der Waals surface area contributed by atoms with E-state index in [4.69, 9.17) is 5.11 Å². The highest BCUT2D eigenvalue weighted by Gasteiger charge is 2.50. The van der Waals surface area contributed by atoms with Gasteiger partial charge in [-0.15, -0.1) is 0 Å². The fourth-order valence-electron chi connectivity index (χ4n) is 2.02. The quantitative estimate of drug-likeness (QED) is 0.682. The molecule has 7 heteroatoms. The zero-order chi connectivity index (χ0) is 16.2. The molecule has 22 heavy (non-hydrogen) atoms. The molecule has 0 heterocycles. The average Bonchev–Trinajstić information content (AvgIpc) is 3.24. The van der Waals surface area contributed by atoms with E-state index in [0.29, 0.717) is 18.4 Å². The van der Waals surface area contributed by atoms with E-state index in [9.17, 15) is 18.8 Å². The summed E-state index contributed by atoms with van der Waals surface area (Å²) in [5.41, 5.74) is -0.318. The number of hydrogen-bond donors (Lipinski definition) is 3. The van der Waals surface area contributed by atoms with Crippen molar-refractivity contribution in [2.24, 2.45) is 5.41 Å². The van der Waals surface area contributed by atoms with Gasteiger partial charge in [0.2, 0.25) is 11.8 Å². The zero-order valence-corrected chi connectivity index (χ0v) is 11.9. The lowest BCUT2D eigenvalue weighted by Gasteiger charge is -2.11. The minimum absolute atomic E-state index is 0.0237. The molecule has 2 amide bonds. The van der Waals surface area contributed by atoms with Crippen molar-refractivity contribution < 1.29 is 23.9 Å². The Bertz CT molecular complexity index is 599. The number of hydrogen-bond acceptors (Lipinski definition) is 3.